The number of phenols is 1. The SMILES string of the molecule is COc1ccc(O)c(/C(C)=N/NC(=O)CNc2ccc(C)cc2)c1. The number of rotatable bonds is 6. The number of aryl methyl sites for hydroxylation is 1. The molecule has 0 aromatic heterocycles. The molecule has 2 aromatic carbocycles. The van der Waals surface area contributed by atoms with Gasteiger partial charge in [-0.15, -0.1) is 0 Å². The number of hydrogen-bond acceptors (Lipinski definition) is 5. The van der Waals surface area contributed by atoms with E-state index in [4.69, 9.17) is 4.74 Å². The molecule has 0 heterocycles. The van der Waals surface area contributed by atoms with Crippen LogP contribution in [0.3, 0.4) is 0 Å². The van der Waals surface area contributed by atoms with Crippen molar-refractivity contribution in [2.45, 2.75) is 13.8 Å². The Hall–Kier alpha value is -3.02. The third-order valence-electron chi connectivity index (χ3n) is 3.45. The lowest BCUT2D eigenvalue weighted by Gasteiger charge is -2.08. The number of nitrogens with zero attached hydrogens (tertiary/aromatic N) is 1. The summed E-state index contributed by atoms with van der Waals surface area (Å²) in [6.07, 6.45) is 0. The molecule has 2 rings (SSSR count). The first-order valence-corrected chi connectivity index (χ1v) is 7.50. The molecule has 6 nitrogen and oxygen atoms in total. The van der Waals surface area contributed by atoms with Crippen LogP contribution in [0.15, 0.2) is 47.6 Å². The Morgan fingerprint density at radius 3 is 2.58 bits per heavy atom. The summed E-state index contributed by atoms with van der Waals surface area (Å²) in [4.78, 5) is 11.9. The Labute approximate surface area is 141 Å². The maximum Gasteiger partial charge on any atom is 0.259 e. The molecule has 3 N–H and O–H groups in total. The summed E-state index contributed by atoms with van der Waals surface area (Å²) >= 11 is 0. The number of anilines is 1. The number of benzene rings is 2. The smallest absolute Gasteiger partial charge is 0.259 e. The largest absolute Gasteiger partial charge is 0.507 e. The van der Waals surface area contributed by atoms with E-state index < -0.39 is 0 Å². The van der Waals surface area contributed by atoms with Gasteiger partial charge in [0.1, 0.15) is 11.5 Å². The highest BCUT2D eigenvalue weighted by molar-refractivity contribution is 6.01. The van der Waals surface area contributed by atoms with Crippen LogP contribution in [0.5, 0.6) is 11.5 Å². The molecule has 2 aromatic rings. The van der Waals surface area contributed by atoms with Crippen LogP contribution in [0.2, 0.25) is 0 Å². The van der Waals surface area contributed by atoms with Crippen molar-refractivity contribution in [3.8, 4) is 11.5 Å². The summed E-state index contributed by atoms with van der Waals surface area (Å²) in [5.74, 6) is 0.395. The third kappa shape index (κ3) is 4.74. The van der Waals surface area contributed by atoms with E-state index in [2.05, 4.69) is 15.8 Å². The Morgan fingerprint density at radius 1 is 1.21 bits per heavy atom. The van der Waals surface area contributed by atoms with Gasteiger partial charge in [-0.3, -0.25) is 4.79 Å². The summed E-state index contributed by atoms with van der Waals surface area (Å²) in [5.41, 5.74) is 5.46. The fourth-order valence-corrected chi connectivity index (χ4v) is 2.03. The first kappa shape index (κ1) is 17.3. The van der Waals surface area contributed by atoms with Gasteiger partial charge in [0.05, 0.1) is 19.4 Å². The highest BCUT2D eigenvalue weighted by Crippen LogP contribution is 2.23. The second kappa shape index (κ2) is 8.01. The molecule has 0 aliphatic heterocycles. The average Bonchev–Trinajstić information content (AvgIpc) is 2.59. The molecular weight excluding hydrogens is 306 g/mol. The zero-order valence-corrected chi connectivity index (χ0v) is 14.0. The number of ether oxygens (including phenoxy) is 1. The summed E-state index contributed by atoms with van der Waals surface area (Å²) in [7, 11) is 1.54. The van der Waals surface area contributed by atoms with Crippen molar-refractivity contribution in [1.29, 1.82) is 0 Å². The highest BCUT2D eigenvalue weighted by atomic mass is 16.5. The number of amides is 1. The highest BCUT2D eigenvalue weighted by Gasteiger charge is 2.07. The minimum absolute atomic E-state index is 0.0732. The van der Waals surface area contributed by atoms with Gasteiger partial charge in [0.25, 0.3) is 5.91 Å². The topological polar surface area (TPSA) is 83.0 Å². The Balaban J connectivity index is 1.94. The molecule has 1 amide bonds. The number of methoxy groups -OCH3 is 1. The fourth-order valence-electron chi connectivity index (χ4n) is 2.03. The van der Waals surface area contributed by atoms with Crippen LogP contribution in [-0.2, 0) is 4.79 Å². The second-order valence-electron chi connectivity index (χ2n) is 5.33. The fraction of sp³-hybridized carbons (Fsp3) is 0.222. The predicted octanol–water partition coefficient (Wildman–Crippen LogP) is 2.66. The van der Waals surface area contributed by atoms with E-state index in [9.17, 15) is 9.90 Å². The van der Waals surface area contributed by atoms with Gasteiger partial charge in [-0.2, -0.15) is 5.10 Å². The zero-order chi connectivity index (χ0) is 17.5. The molecule has 0 aliphatic carbocycles. The molecule has 0 aliphatic rings. The van der Waals surface area contributed by atoms with Gasteiger partial charge in [-0.25, -0.2) is 5.43 Å². The van der Waals surface area contributed by atoms with E-state index >= 15 is 0 Å². The van der Waals surface area contributed by atoms with Crippen molar-refractivity contribution < 1.29 is 14.6 Å². The van der Waals surface area contributed by atoms with Crippen molar-refractivity contribution in [2.24, 2.45) is 5.10 Å². The lowest BCUT2D eigenvalue weighted by atomic mass is 10.1. The van der Waals surface area contributed by atoms with Crippen LogP contribution in [0.25, 0.3) is 0 Å². The number of carbonyl (C=O) groups excluding carboxylic acids is 1. The first-order chi connectivity index (χ1) is 11.5. The molecule has 0 saturated heterocycles. The van der Waals surface area contributed by atoms with Gasteiger partial charge in [0.2, 0.25) is 0 Å². The zero-order valence-electron chi connectivity index (χ0n) is 14.0. The van der Waals surface area contributed by atoms with Gasteiger partial charge in [-0.05, 0) is 44.2 Å². The monoisotopic (exact) mass is 327 g/mol. The minimum atomic E-state index is -0.280. The molecular formula is C18H21N3O3. The maximum atomic E-state index is 11.9. The average molecular weight is 327 g/mol. The molecule has 0 saturated carbocycles. The number of hydrazone groups is 1. The van der Waals surface area contributed by atoms with Gasteiger partial charge < -0.3 is 15.2 Å². The van der Waals surface area contributed by atoms with E-state index in [-0.39, 0.29) is 18.2 Å². The van der Waals surface area contributed by atoms with E-state index in [1.807, 2.05) is 31.2 Å². The van der Waals surface area contributed by atoms with E-state index in [0.29, 0.717) is 17.0 Å². The number of hydrogen-bond donors (Lipinski definition) is 3. The van der Waals surface area contributed by atoms with Crippen LogP contribution in [-0.4, -0.2) is 30.4 Å². The minimum Gasteiger partial charge on any atom is -0.507 e. The van der Waals surface area contributed by atoms with Crippen LogP contribution >= 0.6 is 0 Å². The Morgan fingerprint density at radius 2 is 1.92 bits per heavy atom. The third-order valence-corrected chi connectivity index (χ3v) is 3.45. The quantitative estimate of drug-likeness (QED) is 0.563. The lowest BCUT2D eigenvalue weighted by Crippen LogP contribution is -2.26. The molecule has 0 bridgehead atoms. The molecule has 0 atom stereocenters. The van der Waals surface area contributed by atoms with Gasteiger partial charge >= 0.3 is 0 Å². The molecule has 0 spiro atoms. The molecule has 6 heteroatoms. The molecule has 0 unspecified atom stereocenters. The maximum absolute atomic E-state index is 11.9. The summed E-state index contributed by atoms with van der Waals surface area (Å²) in [6.45, 7) is 3.80. The second-order valence-corrected chi connectivity index (χ2v) is 5.33. The van der Waals surface area contributed by atoms with E-state index in [0.717, 1.165) is 11.3 Å². The summed E-state index contributed by atoms with van der Waals surface area (Å²) < 4.78 is 5.12. The first-order valence-electron chi connectivity index (χ1n) is 7.50. The molecule has 126 valence electrons. The normalized spacial score (nSPS) is 11.0. The summed E-state index contributed by atoms with van der Waals surface area (Å²) in [6, 6.07) is 12.6. The van der Waals surface area contributed by atoms with Crippen LogP contribution in [0.4, 0.5) is 5.69 Å². The van der Waals surface area contributed by atoms with Gasteiger partial charge in [-0.1, -0.05) is 17.7 Å². The van der Waals surface area contributed by atoms with Gasteiger partial charge in [0, 0.05) is 11.3 Å². The van der Waals surface area contributed by atoms with Crippen molar-refractivity contribution in [1.82, 2.24) is 5.43 Å². The Kier molecular flexibility index (Phi) is 5.78. The van der Waals surface area contributed by atoms with E-state index in [1.165, 1.54) is 6.07 Å². The number of aromatic hydroxyl groups is 1. The van der Waals surface area contributed by atoms with Crippen LogP contribution in [0.1, 0.15) is 18.1 Å². The molecule has 0 fully saturated rings. The Bertz CT molecular complexity index is 740. The predicted molar refractivity (Wildman–Crippen MR) is 94.7 cm³/mol. The van der Waals surface area contributed by atoms with Gasteiger partial charge in [0.15, 0.2) is 0 Å². The number of nitrogens with one attached hydrogen (secondary N) is 2. The number of phenolic OH excluding ortho intramolecular Hbond substituents is 1. The van der Waals surface area contributed by atoms with Crippen molar-refractivity contribution in [3.63, 3.8) is 0 Å². The van der Waals surface area contributed by atoms with Crippen LogP contribution in [0, 0.1) is 6.92 Å². The van der Waals surface area contributed by atoms with Crippen molar-refractivity contribution in [3.05, 3.63) is 53.6 Å². The molecule has 0 radical (unpaired) electrons. The lowest BCUT2D eigenvalue weighted by molar-refractivity contribution is -0.119. The molecule has 24 heavy (non-hydrogen) atoms. The van der Waals surface area contributed by atoms with Crippen molar-refractivity contribution in [2.75, 3.05) is 19.0 Å². The van der Waals surface area contributed by atoms with Crippen molar-refractivity contribution >= 4 is 17.3 Å². The summed E-state index contributed by atoms with van der Waals surface area (Å²) in [5, 5.41) is 16.9. The standard InChI is InChI=1S/C18H21N3O3/c1-12-4-6-14(7-5-12)19-11-18(23)21-20-13(2)16-10-15(24-3)8-9-17(16)22/h4-10,19,22H,11H2,1-3H3,(H,21,23)/b20-13+. The van der Waals surface area contributed by atoms with Crippen LogP contribution < -0.4 is 15.5 Å². The number of carbonyl (C=O) groups is 1. The van der Waals surface area contributed by atoms with E-state index in [1.54, 1.807) is 26.2 Å².